The smallest absolute Gasteiger partial charge is 0.180 e. The zero-order chi connectivity index (χ0) is 10.9. The summed E-state index contributed by atoms with van der Waals surface area (Å²) in [4.78, 5) is 11.6. The first kappa shape index (κ1) is 11.2. The van der Waals surface area contributed by atoms with Gasteiger partial charge >= 0.3 is 0 Å². The lowest BCUT2D eigenvalue weighted by atomic mass is 9.97. The first-order chi connectivity index (χ1) is 6.43. The second-order valence-electron chi connectivity index (χ2n) is 3.39. The fraction of sp³-hybridized carbons (Fsp3) is 0.364. The van der Waals surface area contributed by atoms with Gasteiger partial charge in [-0.2, -0.15) is 0 Å². The Labute approximate surface area is 87.9 Å². The van der Waals surface area contributed by atoms with Gasteiger partial charge in [0.1, 0.15) is 5.82 Å². The number of hydrogen-bond donors (Lipinski definition) is 0. The van der Waals surface area contributed by atoms with E-state index in [9.17, 15) is 9.18 Å². The molecule has 0 aliphatic rings. The van der Waals surface area contributed by atoms with Gasteiger partial charge < -0.3 is 0 Å². The Bertz CT molecular complexity index is 349. The monoisotopic (exact) mass is 214 g/mol. The van der Waals surface area contributed by atoms with Gasteiger partial charge in [-0.3, -0.25) is 4.79 Å². The van der Waals surface area contributed by atoms with Crippen LogP contribution in [0, 0.1) is 19.7 Å². The third-order valence-electron chi connectivity index (χ3n) is 2.11. The van der Waals surface area contributed by atoms with E-state index in [4.69, 9.17) is 11.6 Å². The molecule has 0 saturated heterocycles. The Morgan fingerprint density at radius 1 is 1.36 bits per heavy atom. The van der Waals surface area contributed by atoms with E-state index in [2.05, 4.69) is 0 Å². The van der Waals surface area contributed by atoms with Crippen molar-refractivity contribution in [1.29, 1.82) is 0 Å². The van der Waals surface area contributed by atoms with Crippen LogP contribution >= 0.6 is 11.6 Å². The van der Waals surface area contributed by atoms with Gasteiger partial charge in [0.15, 0.2) is 5.78 Å². The summed E-state index contributed by atoms with van der Waals surface area (Å²) >= 11 is 5.70. The number of carbonyl (C=O) groups excluding carboxylic acids is 1. The van der Waals surface area contributed by atoms with Crippen LogP contribution in [0.2, 0.25) is 0 Å². The van der Waals surface area contributed by atoms with Crippen LogP contribution in [0.1, 0.15) is 28.4 Å². The van der Waals surface area contributed by atoms with E-state index in [1.807, 2.05) is 0 Å². The summed E-state index contributed by atoms with van der Waals surface area (Å²) in [6.07, 6.45) is 0. The van der Waals surface area contributed by atoms with E-state index in [1.165, 1.54) is 12.1 Å². The molecule has 0 N–H and O–H groups in total. The Hall–Kier alpha value is -0.890. The van der Waals surface area contributed by atoms with Crippen LogP contribution in [-0.2, 0) is 0 Å². The molecule has 0 radical (unpaired) electrons. The Morgan fingerprint density at radius 3 is 2.14 bits per heavy atom. The number of rotatable bonds is 2. The molecule has 1 atom stereocenters. The molecular formula is C11H12ClFO. The lowest BCUT2D eigenvalue weighted by molar-refractivity contribution is 0.0990. The van der Waals surface area contributed by atoms with Crippen molar-refractivity contribution >= 4 is 17.4 Å². The van der Waals surface area contributed by atoms with Gasteiger partial charge in [-0.25, -0.2) is 4.39 Å². The maximum absolute atomic E-state index is 12.9. The van der Waals surface area contributed by atoms with E-state index in [1.54, 1.807) is 20.8 Å². The third kappa shape index (κ3) is 2.13. The Balaban J connectivity index is 3.28. The van der Waals surface area contributed by atoms with Crippen molar-refractivity contribution in [3.63, 3.8) is 0 Å². The largest absolute Gasteiger partial charge is 0.293 e. The molecular weight excluding hydrogens is 203 g/mol. The van der Waals surface area contributed by atoms with Crippen LogP contribution in [0.5, 0.6) is 0 Å². The molecule has 1 nitrogen and oxygen atoms in total. The molecule has 1 rings (SSSR count). The first-order valence-electron chi connectivity index (χ1n) is 4.38. The van der Waals surface area contributed by atoms with Crippen molar-refractivity contribution in [2.45, 2.75) is 26.1 Å². The molecule has 1 aromatic rings. The van der Waals surface area contributed by atoms with Crippen LogP contribution in [0.25, 0.3) is 0 Å². The highest BCUT2D eigenvalue weighted by Crippen LogP contribution is 2.19. The number of benzene rings is 1. The van der Waals surface area contributed by atoms with Crippen LogP contribution in [0.3, 0.4) is 0 Å². The minimum Gasteiger partial charge on any atom is -0.293 e. The van der Waals surface area contributed by atoms with Crippen molar-refractivity contribution in [2.75, 3.05) is 0 Å². The molecule has 0 aliphatic carbocycles. The molecule has 0 spiro atoms. The molecule has 0 saturated carbocycles. The molecule has 14 heavy (non-hydrogen) atoms. The summed E-state index contributed by atoms with van der Waals surface area (Å²) in [5.41, 5.74) is 1.81. The molecule has 0 amide bonds. The van der Waals surface area contributed by atoms with Gasteiger partial charge in [-0.05, 0) is 44.0 Å². The van der Waals surface area contributed by atoms with Crippen molar-refractivity contribution < 1.29 is 9.18 Å². The highest BCUT2D eigenvalue weighted by Gasteiger charge is 2.17. The minimum atomic E-state index is -0.571. The average Bonchev–Trinajstić information content (AvgIpc) is 2.01. The SMILES string of the molecule is Cc1cc(F)cc(C)c1C(=O)C(C)Cl. The number of carbonyl (C=O) groups is 1. The van der Waals surface area contributed by atoms with E-state index in [-0.39, 0.29) is 11.6 Å². The minimum absolute atomic E-state index is 0.151. The summed E-state index contributed by atoms with van der Waals surface area (Å²) in [6, 6.07) is 2.69. The Kier molecular flexibility index (Phi) is 3.27. The highest BCUT2D eigenvalue weighted by atomic mass is 35.5. The van der Waals surface area contributed by atoms with E-state index < -0.39 is 5.38 Å². The number of halogens is 2. The standard InChI is InChI=1S/C11H12ClFO/c1-6-4-9(13)5-7(2)10(6)11(14)8(3)12/h4-5,8H,1-3H3. The van der Waals surface area contributed by atoms with Crippen LogP contribution in [-0.4, -0.2) is 11.2 Å². The van der Waals surface area contributed by atoms with E-state index in [0.29, 0.717) is 16.7 Å². The molecule has 3 heteroatoms. The summed E-state index contributed by atoms with van der Waals surface area (Å²) in [5.74, 6) is -0.472. The number of ketones is 1. The summed E-state index contributed by atoms with van der Waals surface area (Å²) in [7, 11) is 0. The maximum atomic E-state index is 12.9. The number of aryl methyl sites for hydroxylation is 2. The van der Waals surface area contributed by atoms with Crippen molar-refractivity contribution in [1.82, 2.24) is 0 Å². The molecule has 1 aromatic carbocycles. The van der Waals surface area contributed by atoms with Crippen molar-refractivity contribution in [3.05, 3.63) is 34.6 Å². The molecule has 76 valence electrons. The third-order valence-corrected chi connectivity index (χ3v) is 2.30. The topological polar surface area (TPSA) is 17.1 Å². The van der Waals surface area contributed by atoms with Gasteiger partial charge in [0.25, 0.3) is 0 Å². The van der Waals surface area contributed by atoms with Crippen molar-refractivity contribution in [3.8, 4) is 0 Å². The predicted octanol–water partition coefficient (Wildman–Crippen LogP) is 3.25. The summed E-state index contributed by atoms with van der Waals surface area (Å²) < 4.78 is 12.9. The van der Waals surface area contributed by atoms with Crippen molar-refractivity contribution in [2.24, 2.45) is 0 Å². The number of alkyl halides is 1. The number of hydrogen-bond acceptors (Lipinski definition) is 1. The maximum Gasteiger partial charge on any atom is 0.180 e. The zero-order valence-corrected chi connectivity index (χ0v) is 9.15. The quantitative estimate of drug-likeness (QED) is 0.546. The predicted molar refractivity (Wildman–Crippen MR) is 55.5 cm³/mol. The van der Waals surface area contributed by atoms with Crippen LogP contribution < -0.4 is 0 Å². The van der Waals surface area contributed by atoms with Gasteiger partial charge in [0.2, 0.25) is 0 Å². The lowest BCUT2D eigenvalue weighted by Crippen LogP contribution is -2.14. The van der Waals surface area contributed by atoms with Gasteiger partial charge in [0, 0.05) is 5.56 Å². The molecule has 0 aliphatic heterocycles. The molecule has 0 bridgehead atoms. The highest BCUT2D eigenvalue weighted by molar-refractivity contribution is 6.33. The molecule has 0 fully saturated rings. The van der Waals surface area contributed by atoms with E-state index in [0.717, 1.165) is 0 Å². The lowest BCUT2D eigenvalue weighted by Gasteiger charge is -2.10. The first-order valence-corrected chi connectivity index (χ1v) is 4.82. The van der Waals surface area contributed by atoms with Gasteiger partial charge in [-0.1, -0.05) is 0 Å². The summed E-state index contributed by atoms with van der Waals surface area (Å²) in [5, 5.41) is -0.571. The second-order valence-corrected chi connectivity index (χ2v) is 4.05. The summed E-state index contributed by atoms with van der Waals surface area (Å²) in [6.45, 7) is 5.04. The fourth-order valence-electron chi connectivity index (χ4n) is 1.50. The van der Waals surface area contributed by atoms with Crippen LogP contribution in [0.4, 0.5) is 4.39 Å². The normalized spacial score (nSPS) is 12.6. The Morgan fingerprint density at radius 2 is 1.79 bits per heavy atom. The fourth-order valence-corrected chi connectivity index (χ4v) is 1.61. The molecule has 0 heterocycles. The average molecular weight is 215 g/mol. The second kappa shape index (κ2) is 4.09. The van der Waals surface area contributed by atoms with E-state index >= 15 is 0 Å². The zero-order valence-electron chi connectivity index (χ0n) is 8.40. The van der Waals surface area contributed by atoms with Gasteiger partial charge in [-0.15, -0.1) is 11.6 Å². The number of Topliss-reactive ketones (excluding diaryl/α,β-unsaturated/α-hetero) is 1. The molecule has 0 aromatic heterocycles. The van der Waals surface area contributed by atoms with Crippen LogP contribution in [0.15, 0.2) is 12.1 Å². The van der Waals surface area contributed by atoms with Gasteiger partial charge in [0.05, 0.1) is 5.38 Å². The molecule has 1 unspecified atom stereocenters.